The Morgan fingerprint density at radius 1 is 0.409 bits per heavy atom. The summed E-state index contributed by atoms with van der Waals surface area (Å²) in [6, 6.07) is 39.8. The lowest BCUT2D eigenvalue weighted by Crippen LogP contribution is -1.89. The van der Waals surface area contributed by atoms with Crippen LogP contribution in [0.2, 0.25) is 0 Å². The van der Waals surface area contributed by atoms with Crippen LogP contribution in [0.1, 0.15) is 28.3 Å². The summed E-state index contributed by atoms with van der Waals surface area (Å²) in [5, 5.41) is 0. The predicted octanol–water partition coefficient (Wildman–Crippen LogP) is 10.3. The number of benzene rings is 3. The third-order valence-corrected chi connectivity index (χ3v) is 8.19. The molecule has 208 valence electrons. The largest absolute Gasteiger partial charge is 0.354 e. The van der Waals surface area contributed by atoms with E-state index in [1.165, 1.54) is 0 Å². The van der Waals surface area contributed by atoms with E-state index in [1.807, 2.05) is 24.3 Å². The van der Waals surface area contributed by atoms with Gasteiger partial charge in [-0.05, 0) is 65.3 Å². The van der Waals surface area contributed by atoms with Crippen LogP contribution in [-0.4, -0.2) is 19.9 Å². The molecule has 5 heterocycles. The molecule has 44 heavy (non-hydrogen) atoms. The second-order valence-electron chi connectivity index (χ2n) is 10.8. The quantitative estimate of drug-likeness (QED) is 0.223. The molecule has 0 fully saturated rings. The topological polar surface area (TPSA) is 57.4 Å². The van der Waals surface area contributed by atoms with Gasteiger partial charge in [0, 0.05) is 44.3 Å². The van der Waals surface area contributed by atoms with Crippen LogP contribution in [0.4, 0.5) is 0 Å². The highest BCUT2D eigenvalue weighted by atomic mass is 14.8. The highest BCUT2D eigenvalue weighted by Crippen LogP contribution is 2.36. The van der Waals surface area contributed by atoms with Crippen molar-refractivity contribution in [2.24, 2.45) is 0 Å². The molecule has 4 nitrogen and oxygen atoms in total. The Bertz CT molecular complexity index is 2230. The van der Waals surface area contributed by atoms with Gasteiger partial charge in [0.15, 0.2) is 0 Å². The molecule has 0 amide bonds. The summed E-state index contributed by atoms with van der Waals surface area (Å²) in [5.74, 6) is 0. The first kappa shape index (κ1) is 25.7. The van der Waals surface area contributed by atoms with Gasteiger partial charge in [0.25, 0.3) is 0 Å². The Morgan fingerprint density at radius 3 is 1.16 bits per heavy atom. The molecule has 8 rings (SSSR count). The maximum Gasteiger partial charge on any atom is 0.0737 e. The molecular weight excluding hydrogens is 536 g/mol. The molecule has 0 radical (unpaired) electrons. The van der Waals surface area contributed by atoms with E-state index in [9.17, 15) is 0 Å². The van der Waals surface area contributed by atoms with Crippen molar-refractivity contribution in [2.45, 2.75) is 0 Å². The Hall–Kier alpha value is -6.00. The Kier molecular flexibility index (Phi) is 6.24. The van der Waals surface area contributed by atoms with E-state index >= 15 is 0 Å². The van der Waals surface area contributed by atoms with E-state index < -0.39 is 0 Å². The van der Waals surface area contributed by atoms with E-state index in [0.717, 1.165) is 83.8 Å². The van der Waals surface area contributed by atoms with E-state index in [0.29, 0.717) is 0 Å². The summed E-state index contributed by atoms with van der Waals surface area (Å²) in [6.07, 6.45) is 10.3. The first-order chi connectivity index (χ1) is 21.8. The molecule has 2 N–H and O–H groups in total. The van der Waals surface area contributed by atoms with Crippen LogP contribution in [0.15, 0.2) is 122 Å². The van der Waals surface area contributed by atoms with Crippen molar-refractivity contribution in [3.05, 3.63) is 150 Å². The SMILES string of the molecule is C=Cc1c2nc(c(-c3ccccc3)c3ccc([nH]3)c(-c3ccccc3)c3nc(c(-c4ccccc4)c4ccc1[nH]4)C=C3)C=C2. The molecule has 3 aromatic carbocycles. The van der Waals surface area contributed by atoms with Crippen molar-refractivity contribution in [1.29, 1.82) is 0 Å². The third kappa shape index (κ3) is 4.41. The zero-order chi connectivity index (χ0) is 29.5. The normalized spacial score (nSPS) is 12.0. The Balaban J connectivity index is 1.58. The molecule has 2 aliphatic heterocycles. The van der Waals surface area contributed by atoms with Gasteiger partial charge >= 0.3 is 0 Å². The smallest absolute Gasteiger partial charge is 0.0737 e. The average Bonchev–Trinajstić information content (AvgIpc) is 3.90. The van der Waals surface area contributed by atoms with Crippen molar-refractivity contribution in [2.75, 3.05) is 0 Å². The number of fused-ring (bicyclic) bond motifs is 8. The predicted molar refractivity (Wildman–Crippen MR) is 185 cm³/mol. The minimum Gasteiger partial charge on any atom is -0.354 e. The minimum atomic E-state index is 0.863. The Labute approximate surface area is 255 Å². The number of nitrogens with one attached hydrogen (secondary N) is 2. The van der Waals surface area contributed by atoms with Gasteiger partial charge in [-0.2, -0.15) is 0 Å². The lowest BCUT2D eigenvalue weighted by atomic mass is 10.0. The van der Waals surface area contributed by atoms with Gasteiger partial charge in [0.1, 0.15) is 0 Å². The van der Waals surface area contributed by atoms with Crippen molar-refractivity contribution in [3.63, 3.8) is 0 Å². The van der Waals surface area contributed by atoms with Gasteiger partial charge in [0.2, 0.25) is 0 Å². The molecule has 4 heteroatoms. The lowest BCUT2D eigenvalue weighted by molar-refractivity contribution is 1.30. The van der Waals surface area contributed by atoms with Gasteiger partial charge in [-0.25, -0.2) is 9.97 Å². The van der Waals surface area contributed by atoms with Crippen LogP contribution in [-0.2, 0) is 0 Å². The van der Waals surface area contributed by atoms with Crippen LogP contribution in [0.3, 0.4) is 0 Å². The van der Waals surface area contributed by atoms with Crippen LogP contribution in [0, 0.1) is 0 Å². The molecule has 0 saturated carbocycles. The molecule has 6 aromatic rings. The van der Waals surface area contributed by atoms with Crippen LogP contribution >= 0.6 is 0 Å². The average molecular weight is 565 g/mol. The van der Waals surface area contributed by atoms with Gasteiger partial charge < -0.3 is 9.97 Å². The summed E-state index contributed by atoms with van der Waals surface area (Å²) in [4.78, 5) is 17.9. The molecule has 8 bridgehead atoms. The van der Waals surface area contributed by atoms with Crippen molar-refractivity contribution in [3.8, 4) is 33.4 Å². The van der Waals surface area contributed by atoms with Gasteiger partial charge in [0.05, 0.1) is 22.8 Å². The fourth-order valence-corrected chi connectivity index (χ4v) is 6.17. The fraction of sp³-hybridized carbons (Fsp3) is 0. The standard InChI is InChI=1S/C40H28N4/c1-2-29-30-18-20-32(41-30)38(26-12-6-3-7-13-26)34-22-24-36(43-34)40(28-16-10-5-11-17-28)37-25-23-35(44-37)39(27-14-8-4-9-15-27)33-21-19-31(29)42-33/h2-25,41,44H,1H2. The van der Waals surface area contributed by atoms with Crippen LogP contribution in [0.25, 0.3) is 85.8 Å². The minimum absolute atomic E-state index is 0.863. The van der Waals surface area contributed by atoms with E-state index in [1.54, 1.807) is 0 Å². The molecule has 0 spiro atoms. The highest BCUT2D eigenvalue weighted by Gasteiger charge is 2.17. The highest BCUT2D eigenvalue weighted by molar-refractivity contribution is 5.98. The molecular formula is C40H28N4. The Morgan fingerprint density at radius 2 is 0.750 bits per heavy atom. The molecule has 0 atom stereocenters. The first-order valence-corrected chi connectivity index (χ1v) is 14.7. The fourth-order valence-electron chi connectivity index (χ4n) is 6.17. The number of hydrogen-bond acceptors (Lipinski definition) is 2. The second kappa shape index (κ2) is 10.7. The van der Waals surface area contributed by atoms with Crippen molar-refractivity contribution in [1.82, 2.24) is 19.9 Å². The molecule has 0 saturated heterocycles. The van der Waals surface area contributed by atoms with Gasteiger partial charge in [-0.15, -0.1) is 0 Å². The molecule has 2 aliphatic rings. The number of H-pyrrole nitrogens is 2. The monoisotopic (exact) mass is 564 g/mol. The van der Waals surface area contributed by atoms with E-state index in [2.05, 4.69) is 138 Å². The lowest BCUT2D eigenvalue weighted by Gasteiger charge is -2.06. The second-order valence-corrected chi connectivity index (χ2v) is 10.8. The van der Waals surface area contributed by atoms with Crippen LogP contribution < -0.4 is 0 Å². The van der Waals surface area contributed by atoms with Gasteiger partial charge in [-0.3, -0.25) is 0 Å². The molecule has 0 aliphatic carbocycles. The molecule has 3 aromatic heterocycles. The van der Waals surface area contributed by atoms with Crippen molar-refractivity contribution >= 4 is 52.4 Å². The summed E-state index contributed by atoms with van der Waals surface area (Å²) in [6.45, 7) is 4.16. The zero-order valence-corrected chi connectivity index (χ0v) is 24.0. The number of rotatable bonds is 4. The third-order valence-electron chi connectivity index (χ3n) is 8.19. The van der Waals surface area contributed by atoms with Crippen LogP contribution in [0.5, 0.6) is 0 Å². The number of aromatic amines is 2. The summed E-state index contributed by atoms with van der Waals surface area (Å²) in [7, 11) is 0. The maximum atomic E-state index is 5.29. The zero-order valence-electron chi connectivity index (χ0n) is 24.0. The summed E-state index contributed by atoms with van der Waals surface area (Å²) < 4.78 is 0. The maximum absolute atomic E-state index is 5.29. The summed E-state index contributed by atoms with van der Waals surface area (Å²) in [5.41, 5.74) is 14.8. The van der Waals surface area contributed by atoms with Crippen molar-refractivity contribution < 1.29 is 0 Å². The van der Waals surface area contributed by atoms with Gasteiger partial charge in [-0.1, -0.05) is 104 Å². The number of hydrogen-bond donors (Lipinski definition) is 2. The van der Waals surface area contributed by atoms with E-state index in [-0.39, 0.29) is 0 Å². The van der Waals surface area contributed by atoms with E-state index in [4.69, 9.17) is 9.97 Å². The summed E-state index contributed by atoms with van der Waals surface area (Å²) >= 11 is 0. The molecule has 0 unspecified atom stereocenters. The number of aromatic nitrogens is 4. The first-order valence-electron chi connectivity index (χ1n) is 14.7. The number of nitrogens with zero attached hydrogens (tertiary/aromatic N) is 2.